The molecule has 4 aliphatic carbocycles. The topological polar surface area (TPSA) is 36.6 Å². The minimum absolute atomic E-state index is 0.591. The minimum atomic E-state index is 0.591. The van der Waals surface area contributed by atoms with E-state index in [0.29, 0.717) is 23.0 Å². The molecule has 5 rings (SSSR count). The summed E-state index contributed by atoms with van der Waals surface area (Å²) in [7, 11) is 0. The molecule has 1 saturated heterocycles. The SMILES string of the molecule is CC(C)NCCNC1CC[C@]2(C)C3CC[C@@]4(C)C(CC[C@@H]4C4CO4)C3CC[C@@H]2C1. The molecule has 0 amide bonds. The van der Waals surface area contributed by atoms with Crippen LogP contribution in [0.15, 0.2) is 0 Å². The molecule has 3 nitrogen and oxygen atoms in total. The average Bonchev–Trinajstić information content (AvgIpc) is 3.46. The van der Waals surface area contributed by atoms with E-state index in [1.165, 1.54) is 57.8 Å². The lowest BCUT2D eigenvalue weighted by Gasteiger charge is -2.61. The molecule has 29 heavy (non-hydrogen) atoms. The number of epoxide rings is 1. The summed E-state index contributed by atoms with van der Waals surface area (Å²) in [4.78, 5) is 0. The highest BCUT2D eigenvalue weighted by molar-refractivity contribution is 5.11. The Morgan fingerprint density at radius 1 is 0.862 bits per heavy atom. The molecule has 0 aromatic carbocycles. The summed E-state index contributed by atoms with van der Waals surface area (Å²) in [5.41, 5.74) is 1.21. The molecule has 3 heteroatoms. The maximum atomic E-state index is 5.80. The van der Waals surface area contributed by atoms with Crippen molar-refractivity contribution in [3.05, 3.63) is 0 Å². The fourth-order valence-electron chi connectivity index (χ4n) is 9.02. The molecule has 4 saturated carbocycles. The Kier molecular flexibility index (Phi) is 5.57. The van der Waals surface area contributed by atoms with Gasteiger partial charge in [0.1, 0.15) is 0 Å². The van der Waals surface area contributed by atoms with Gasteiger partial charge in [-0.1, -0.05) is 27.7 Å². The Bertz CT molecular complexity index is 589. The lowest BCUT2D eigenvalue weighted by Crippen LogP contribution is -2.55. The van der Waals surface area contributed by atoms with Crippen LogP contribution < -0.4 is 10.6 Å². The first-order chi connectivity index (χ1) is 13.9. The van der Waals surface area contributed by atoms with Gasteiger partial charge in [-0.25, -0.2) is 0 Å². The predicted octanol–water partition coefficient (Wildman–Crippen LogP) is 5.00. The standard InChI is InChI=1S/C26H46N2O/c1-17(2)27-13-14-28-19-9-11-25(3)18(15-19)5-6-20-21-7-8-23(24-16-29-24)26(21,4)12-10-22(20)25/h17-24,27-28H,5-16H2,1-4H3/t18-,19?,20?,21?,22?,23-,24?,25+,26+/m1/s1. The van der Waals surface area contributed by atoms with Crippen molar-refractivity contribution in [1.29, 1.82) is 0 Å². The van der Waals surface area contributed by atoms with Gasteiger partial charge in [0.15, 0.2) is 0 Å². The van der Waals surface area contributed by atoms with Crippen molar-refractivity contribution in [3.63, 3.8) is 0 Å². The summed E-state index contributed by atoms with van der Waals surface area (Å²) < 4.78 is 5.80. The largest absolute Gasteiger partial charge is 0.373 e. The smallest absolute Gasteiger partial charge is 0.0843 e. The summed E-state index contributed by atoms with van der Waals surface area (Å²) in [5.74, 6) is 4.84. The zero-order valence-electron chi connectivity index (χ0n) is 19.5. The first-order valence-electron chi connectivity index (χ1n) is 13.0. The molecule has 5 fully saturated rings. The van der Waals surface area contributed by atoms with Crippen molar-refractivity contribution in [2.24, 2.45) is 40.4 Å². The molecule has 0 radical (unpaired) electrons. The van der Waals surface area contributed by atoms with E-state index < -0.39 is 0 Å². The van der Waals surface area contributed by atoms with Crippen molar-refractivity contribution in [2.45, 2.75) is 104 Å². The summed E-state index contributed by atoms with van der Waals surface area (Å²) in [6.45, 7) is 13.1. The quantitative estimate of drug-likeness (QED) is 0.485. The van der Waals surface area contributed by atoms with E-state index >= 15 is 0 Å². The van der Waals surface area contributed by atoms with Crippen molar-refractivity contribution in [3.8, 4) is 0 Å². The highest BCUT2D eigenvalue weighted by atomic mass is 16.6. The van der Waals surface area contributed by atoms with E-state index in [0.717, 1.165) is 55.3 Å². The van der Waals surface area contributed by atoms with Crippen molar-refractivity contribution in [1.82, 2.24) is 10.6 Å². The molecule has 5 aliphatic rings. The average molecular weight is 403 g/mol. The lowest BCUT2D eigenvalue weighted by molar-refractivity contribution is -0.115. The number of hydrogen-bond acceptors (Lipinski definition) is 3. The van der Waals surface area contributed by atoms with Gasteiger partial charge in [0.25, 0.3) is 0 Å². The first kappa shape index (κ1) is 20.8. The molecule has 9 atom stereocenters. The second-order valence-corrected chi connectivity index (χ2v) is 12.3. The van der Waals surface area contributed by atoms with Crippen molar-refractivity contribution in [2.75, 3.05) is 19.7 Å². The third kappa shape index (κ3) is 3.61. The van der Waals surface area contributed by atoms with Gasteiger partial charge in [-0.3, -0.25) is 0 Å². The second-order valence-electron chi connectivity index (χ2n) is 12.3. The van der Waals surface area contributed by atoms with Gasteiger partial charge < -0.3 is 15.4 Å². The molecule has 1 heterocycles. The molecular formula is C26H46N2O. The Balaban J connectivity index is 1.22. The zero-order chi connectivity index (χ0) is 20.2. The van der Waals surface area contributed by atoms with Crippen molar-refractivity contribution < 1.29 is 4.74 Å². The number of nitrogens with one attached hydrogen (secondary N) is 2. The van der Waals surface area contributed by atoms with Gasteiger partial charge in [-0.2, -0.15) is 0 Å². The third-order valence-corrected chi connectivity index (χ3v) is 10.7. The normalized spacial score (nSPS) is 51.4. The predicted molar refractivity (Wildman–Crippen MR) is 120 cm³/mol. The number of hydrogen-bond donors (Lipinski definition) is 2. The molecule has 5 unspecified atom stereocenters. The van der Waals surface area contributed by atoms with E-state index in [9.17, 15) is 0 Å². The van der Waals surface area contributed by atoms with Crippen LogP contribution in [-0.2, 0) is 4.74 Å². The van der Waals surface area contributed by atoms with E-state index in [-0.39, 0.29) is 0 Å². The maximum absolute atomic E-state index is 5.80. The minimum Gasteiger partial charge on any atom is -0.373 e. The highest BCUT2D eigenvalue weighted by Gasteiger charge is 2.62. The fraction of sp³-hybridized carbons (Fsp3) is 1.00. The number of rotatable bonds is 6. The molecular weight excluding hydrogens is 356 g/mol. The van der Waals surface area contributed by atoms with Crippen LogP contribution in [0.3, 0.4) is 0 Å². The van der Waals surface area contributed by atoms with E-state index in [2.05, 4.69) is 38.3 Å². The van der Waals surface area contributed by atoms with E-state index in [4.69, 9.17) is 4.74 Å². The number of ether oxygens (including phenoxy) is 1. The summed E-state index contributed by atoms with van der Waals surface area (Å²) >= 11 is 0. The molecule has 166 valence electrons. The molecule has 1 aliphatic heterocycles. The molecule has 0 aromatic heterocycles. The highest BCUT2D eigenvalue weighted by Crippen LogP contribution is 2.68. The van der Waals surface area contributed by atoms with Crippen LogP contribution in [0.5, 0.6) is 0 Å². The van der Waals surface area contributed by atoms with Gasteiger partial charge in [0, 0.05) is 25.2 Å². The first-order valence-corrected chi connectivity index (χ1v) is 13.0. The zero-order valence-corrected chi connectivity index (χ0v) is 19.5. The van der Waals surface area contributed by atoms with Crippen LogP contribution in [-0.4, -0.2) is 37.9 Å². The Hall–Kier alpha value is -0.120. The van der Waals surface area contributed by atoms with Crippen molar-refractivity contribution >= 4 is 0 Å². The van der Waals surface area contributed by atoms with Crippen LogP contribution in [0.1, 0.15) is 85.5 Å². The molecule has 0 aromatic rings. The Morgan fingerprint density at radius 2 is 1.59 bits per heavy atom. The molecule has 0 spiro atoms. The monoisotopic (exact) mass is 402 g/mol. The van der Waals surface area contributed by atoms with Gasteiger partial charge >= 0.3 is 0 Å². The summed E-state index contributed by atoms with van der Waals surface area (Å²) in [5, 5.41) is 7.45. The van der Waals surface area contributed by atoms with Gasteiger partial charge in [-0.15, -0.1) is 0 Å². The van der Waals surface area contributed by atoms with Crippen LogP contribution in [0.4, 0.5) is 0 Å². The van der Waals surface area contributed by atoms with Crippen LogP contribution >= 0.6 is 0 Å². The molecule has 2 N–H and O–H groups in total. The summed E-state index contributed by atoms with van der Waals surface area (Å²) in [6, 6.07) is 1.36. The second kappa shape index (κ2) is 7.78. The Labute approximate surface area is 179 Å². The van der Waals surface area contributed by atoms with Crippen LogP contribution in [0, 0.1) is 40.4 Å². The summed E-state index contributed by atoms with van der Waals surface area (Å²) in [6.07, 6.45) is 13.9. The Morgan fingerprint density at radius 3 is 2.34 bits per heavy atom. The fourth-order valence-corrected chi connectivity index (χ4v) is 9.02. The third-order valence-electron chi connectivity index (χ3n) is 10.7. The van der Waals surface area contributed by atoms with Gasteiger partial charge in [0.2, 0.25) is 0 Å². The van der Waals surface area contributed by atoms with Gasteiger partial charge in [0.05, 0.1) is 12.7 Å². The number of fused-ring (bicyclic) bond motifs is 5. The van der Waals surface area contributed by atoms with E-state index in [1.54, 1.807) is 0 Å². The maximum Gasteiger partial charge on any atom is 0.0843 e. The van der Waals surface area contributed by atoms with E-state index in [1.807, 2.05) is 0 Å². The van der Waals surface area contributed by atoms with Crippen LogP contribution in [0.2, 0.25) is 0 Å². The molecule has 0 bridgehead atoms. The lowest BCUT2D eigenvalue weighted by atomic mass is 9.44. The van der Waals surface area contributed by atoms with Crippen LogP contribution in [0.25, 0.3) is 0 Å². The van der Waals surface area contributed by atoms with Gasteiger partial charge in [-0.05, 0) is 98.2 Å².